The fourth-order valence-corrected chi connectivity index (χ4v) is 11.6. The summed E-state index contributed by atoms with van der Waals surface area (Å²) < 4.78 is 7.26. The van der Waals surface area contributed by atoms with Crippen molar-refractivity contribution in [3.05, 3.63) is 290 Å². The van der Waals surface area contributed by atoms with Gasteiger partial charge < -0.3 is 13.7 Å². The van der Waals surface area contributed by atoms with Crippen molar-refractivity contribution in [1.82, 2.24) is 13.7 Å². The molecule has 3 aliphatic rings. The van der Waals surface area contributed by atoms with Gasteiger partial charge in [-0.3, -0.25) is 0 Å². The average molecular weight is 1530 g/mol. The molecule has 6 radical (unpaired) electrons. The molecule has 9 aromatic carbocycles. The molecule has 3 aliphatic carbocycles. The van der Waals surface area contributed by atoms with Crippen LogP contribution in [-0.4, -0.2) is 13.7 Å². The van der Waals surface area contributed by atoms with Crippen molar-refractivity contribution >= 4 is 65.4 Å². The van der Waals surface area contributed by atoms with Crippen molar-refractivity contribution < 1.29 is 196 Å². The fraction of sp³-hybridized carbons (Fsp3) is 0.120. The van der Waals surface area contributed by atoms with Crippen LogP contribution in [0.5, 0.6) is 0 Å². The van der Waals surface area contributed by atoms with Gasteiger partial charge in [0.1, 0.15) is 0 Å². The maximum Gasteiger partial charge on any atom is 0.0461 e. The second-order valence-corrected chi connectivity index (χ2v) is 20.3. The van der Waals surface area contributed by atoms with Crippen molar-refractivity contribution in [2.24, 2.45) is 0 Å². The number of rotatable bonds is 9. The molecule has 0 spiro atoms. The van der Waals surface area contributed by atoms with E-state index in [9.17, 15) is 0 Å². The van der Waals surface area contributed by atoms with Crippen LogP contribution in [0.4, 0.5) is 0 Å². The molecule has 396 valence electrons. The number of hydrogen-bond acceptors (Lipinski definition) is 0. The zero-order valence-electron chi connectivity index (χ0n) is 47.2. The Morgan fingerprint density at radius 1 is 0.321 bits per heavy atom. The minimum atomic E-state index is 0. The molecule has 3 aromatic heterocycles. The Balaban J connectivity index is 0.000000175. The van der Waals surface area contributed by atoms with Crippen molar-refractivity contribution in [3.8, 4) is 33.4 Å². The van der Waals surface area contributed by atoms with Crippen molar-refractivity contribution in [1.29, 1.82) is 0 Å². The van der Waals surface area contributed by atoms with Gasteiger partial charge in [-0.1, -0.05) is 131 Å². The molecular formula is C75H57N3Y6-6. The third-order valence-electron chi connectivity index (χ3n) is 15.3. The molecule has 0 aliphatic heterocycles. The molecule has 0 saturated carbocycles. The Morgan fingerprint density at radius 3 is 1.32 bits per heavy atom. The van der Waals surface area contributed by atoms with Crippen LogP contribution in [0, 0.1) is 36.4 Å². The number of para-hydroxylation sites is 3. The molecular weight excluding hydrogens is 1480 g/mol. The minimum Gasteiger partial charge on any atom is -0.385 e. The predicted octanol–water partition coefficient (Wildman–Crippen LogP) is 19.0. The maximum absolute atomic E-state index is 3.67. The zero-order chi connectivity index (χ0) is 52.0. The van der Waals surface area contributed by atoms with Crippen LogP contribution >= 0.6 is 0 Å². The maximum atomic E-state index is 3.67. The van der Waals surface area contributed by atoms with E-state index in [1.165, 1.54) is 82.1 Å². The predicted molar refractivity (Wildman–Crippen MR) is 327 cm³/mol. The van der Waals surface area contributed by atoms with Crippen LogP contribution in [0.25, 0.3) is 98.8 Å². The standard InChI is InChI=1S/3C25H19N.6Y/c1-3-10-19(11-4-1)18-26-24-17-8-7-14-22(24)23-16-9-15-21(25(23)26)20-12-5-2-6-13-20;1-3-9-19(10-4-1)18-26-24-14-8-7-13-22(24)23-17-21(15-16-25(23)26)20-11-5-2-6-12-20;1-3-9-19(10-4-1)18-26-24-14-8-7-13-22(24)23-16-15-21(17-25(23)26)20-11-5-2-6-12-20;;;;;;/h2-3,5-12,14,16-17H,1,4,18H2;2-3,5-11,13-14,16-17H,1,4,18H2;2-3,5-11,13-16H,1,4,18H2;;;;;;/q3*-2;;;;;;. The van der Waals surface area contributed by atoms with E-state index in [1.807, 2.05) is 42.5 Å². The van der Waals surface area contributed by atoms with Gasteiger partial charge in [0.2, 0.25) is 0 Å². The quantitative estimate of drug-likeness (QED) is 0.128. The number of hydrogen-bond donors (Lipinski definition) is 0. The molecule has 0 saturated heterocycles. The number of nitrogens with zero attached hydrogens (tertiary/aromatic N) is 3. The van der Waals surface area contributed by atoms with E-state index < -0.39 is 0 Å². The zero-order valence-corrected chi connectivity index (χ0v) is 64.2. The summed E-state index contributed by atoms with van der Waals surface area (Å²) in [6.45, 7) is 2.68. The van der Waals surface area contributed by atoms with Gasteiger partial charge >= 0.3 is 0 Å². The summed E-state index contributed by atoms with van der Waals surface area (Å²) in [5, 5.41) is 7.73. The number of aromatic nitrogens is 3. The van der Waals surface area contributed by atoms with Gasteiger partial charge in [0.05, 0.1) is 0 Å². The molecule has 0 amide bonds. The van der Waals surface area contributed by atoms with E-state index in [0.29, 0.717) is 0 Å². The van der Waals surface area contributed by atoms with Crippen LogP contribution in [0.3, 0.4) is 0 Å². The van der Waals surface area contributed by atoms with Gasteiger partial charge in [0.25, 0.3) is 0 Å². The first-order chi connectivity index (χ1) is 38.7. The fourth-order valence-electron chi connectivity index (χ4n) is 11.6. The Bertz CT molecular complexity index is 4330. The van der Waals surface area contributed by atoms with Gasteiger partial charge in [-0.25, -0.2) is 33.4 Å². The molecule has 0 bridgehead atoms. The molecule has 0 unspecified atom stereocenters. The summed E-state index contributed by atoms with van der Waals surface area (Å²) in [5.41, 5.74) is 18.2. The largest absolute Gasteiger partial charge is 0.385 e. The van der Waals surface area contributed by atoms with E-state index in [1.54, 1.807) is 0 Å². The number of fused-ring (bicyclic) bond motifs is 9. The van der Waals surface area contributed by atoms with Gasteiger partial charge in [-0.2, -0.15) is 109 Å². The summed E-state index contributed by atoms with van der Waals surface area (Å²) >= 11 is 0. The van der Waals surface area contributed by atoms with Gasteiger partial charge in [-0.05, 0) is 101 Å². The second-order valence-electron chi connectivity index (χ2n) is 20.3. The van der Waals surface area contributed by atoms with E-state index >= 15 is 0 Å². The molecule has 84 heavy (non-hydrogen) atoms. The summed E-state index contributed by atoms with van der Waals surface area (Å²) in [4.78, 5) is 0. The Labute approximate surface area is 646 Å². The summed E-state index contributed by atoms with van der Waals surface area (Å²) in [6, 6.07) is 84.0. The van der Waals surface area contributed by atoms with Crippen LogP contribution in [0.15, 0.2) is 253 Å². The normalized spacial score (nSPS) is 13.1. The first-order valence-corrected chi connectivity index (χ1v) is 27.5. The third-order valence-corrected chi connectivity index (χ3v) is 15.3. The Kier molecular flexibility index (Phi) is 27.3. The van der Waals surface area contributed by atoms with Crippen LogP contribution in [0.1, 0.15) is 38.5 Å². The van der Waals surface area contributed by atoms with Gasteiger partial charge in [0.15, 0.2) is 0 Å². The van der Waals surface area contributed by atoms with E-state index in [2.05, 4.69) is 244 Å². The molecule has 9 heteroatoms. The first-order valence-electron chi connectivity index (χ1n) is 27.5. The molecule has 0 atom stereocenters. The summed E-state index contributed by atoms with van der Waals surface area (Å²) in [7, 11) is 0. The van der Waals surface area contributed by atoms with Crippen LogP contribution in [0.2, 0.25) is 0 Å². The number of allylic oxidation sites excluding steroid dienone is 12. The molecule has 15 rings (SSSR count). The minimum absolute atomic E-state index is 0. The summed E-state index contributed by atoms with van der Waals surface area (Å²) in [6.07, 6.45) is 27.6. The Morgan fingerprint density at radius 2 is 0.786 bits per heavy atom. The van der Waals surface area contributed by atoms with Gasteiger partial charge in [0, 0.05) is 232 Å². The third kappa shape index (κ3) is 15.4. The topological polar surface area (TPSA) is 14.8 Å². The average Bonchev–Trinajstić information content (AvgIpc) is 2.31. The van der Waals surface area contributed by atoms with Crippen LogP contribution in [-0.2, 0) is 216 Å². The first kappa shape index (κ1) is 68.9. The van der Waals surface area contributed by atoms with E-state index in [4.69, 9.17) is 0 Å². The number of benzene rings is 9. The van der Waals surface area contributed by atoms with Crippen LogP contribution < -0.4 is 0 Å². The van der Waals surface area contributed by atoms with E-state index in [-0.39, 0.29) is 196 Å². The molecule has 3 nitrogen and oxygen atoms in total. The molecule has 3 heterocycles. The van der Waals surface area contributed by atoms with E-state index in [0.717, 1.165) is 91.5 Å². The van der Waals surface area contributed by atoms with Gasteiger partial charge in [-0.15, -0.1) is 36.4 Å². The molecule has 0 N–H and O–H groups in total. The second kappa shape index (κ2) is 33.3. The van der Waals surface area contributed by atoms with Crippen molar-refractivity contribution in [2.75, 3.05) is 0 Å². The monoisotopic (exact) mass is 1530 g/mol. The van der Waals surface area contributed by atoms with Crippen molar-refractivity contribution in [2.45, 2.75) is 58.2 Å². The SMILES string of the molecule is [Y].[Y].[Y].[Y].[Y].[Y].[c-]1ccccc1-c1[c-]c2c(cc1)c1ccccc1n2CC1=CCCC=C1.[c-]1ccccc1-c1[c-]cc2c(c1)c1ccccc1n2CC1=CCCC=C1.[c-]1ccccc1-c1[c-]ccc2c3ccccc3n(CC3=CCCC=C3)c12. The molecule has 0 fully saturated rings. The summed E-state index contributed by atoms with van der Waals surface area (Å²) in [5.74, 6) is 0. The Hall–Kier alpha value is -2.56. The van der Waals surface area contributed by atoms with Crippen molar-refractivity contribution in [3.63, 3.8) is 0 Å². The smallest absolute Gasteiger partial charge is 0.0461 e. The molecule has 12 aromatic rings.